The van der Waals surface area contributed by atoms with Crippen LogP contribution in [0.15, 0.2) is 12.1 Å². The van der Waals surface area contributed by atoms with Gasteiger partial charge in [-0.3, -0.25) is 4.90 Å². The summed E-state index contributed by atoms with van der Waals surface area (Å²) in [5, 5.41) is 10.1. The number of hydrogen-bond donors (Lipinski definition) is 1. The molecule has 106 valence electrons. The van der Waals surface area contributed by atoms with Crippen LogP contribution in [-0.2, 0) is 11.3 Å². The Morgan fingerprint density at radius 1 is 1.47 bits per heavy atom. The molecule has 1 aromatic rings. The molecule has 2 rings (SSSR count). The minimum absolute atomic E-state index is 0.0204. The van der Waals surface area contributed by atoms with E-state index in [1.165, 1.54) is 0 Å². The molecule has 4 nitrogen and oxygen atoms in total. The Balaban J connectivity index is 2.09. The number of hydrogen-bond acceptors (Lipinski definition) is 4. The molecule has 0 radical (unpaired) electrons. The third-order valence-corrected chi connectivity index (χ3v) is 3.58. The van der Waals surface area contributed by atoms with Crippen LogP contribution < -0.4 is 0 Å². The first-order valence-electron chi connectivity index (χ1n) is 6.21. The Kier molecular flexibility index (Phi) is 4.69. The minimum atomic E-state index is -0.280. The fraction of sp³-hybridized carbons (Fsp3) is 0.615. The summed E-state index contributed by atoms with van der Waals surface area (Å²) in [6, 6.07) is 3.62. The maximum Gasteiger partial charge on any atom is 0.135 e. The predicted octanol–water partition coefficient (Wildman–Crippen LogP) is 2.36. The summed E-state index contributed by atoms with van der Waals surface area (Å²) >= 11 is 11.9. The molecule has 1 saturated heterocycles. The molecule has 1 aliphatic rings. The lowest BCUT2D eigenvalue weighted by Crippen LogP contribution is -2.53. The van der Waals surface area contributed by atoms with E-state index in [0.717, 1.165) is 12.1 Å². The molecule has 0 aliphatic carbocycles. The van der Waals surface area contributed by atoms with Crippen molar-refractivity contribution in [2.75, 3.05) is 19.7 Å². The fourth-order valence-electron chi connectivity index (χ4n) is 2.43. The van der Waals surface area contributed by atoms with Crippen molar-refractivity contribution in [1.29, 1.82) is 0 Å². The maximum absolute atomic E-state index is 9.29. The van der Waals surface area contributed by atoms with Gasteiger partial charge in [-0.05, 0) is 19.9 Å². The molecule has 19 heavy (non-hydrogen) atoms. The van der Waals surface area contributed by atoms with Gasteiger partial charge in [0.1, 0.15) is 10.3 Å². The van der Waals surface area contributed by atoms with E-state index in [-0.39, 0.29) is 18.3 Å². The molecule has 1 atom stereocenters. The maximum atomic E-state index is 9.29. The molecule has 1 aliphatic heterocycles. The van der Waals surface area contributed by atoms with E-state index < -0.39 is 0 Å². The first-order chi connectivity index (χ1) is 8.89. The Hall–Kier alpha value is -0.390. The van der Waals surface area contributed by atoms with Gasteiger partial charge in [0.25, 0.3) is 0 Å². The normalized spacial score (nSPS) is 23.5. The Labute approximate surface area is 123 Å². The number of halogens is 2. The van der Waals surface area contributed by atoms with Crippen LogP contribution in [0.3, 0.4) is 0 Å². The van der Waals surface area contributed by atoms with E-state index in [9.17, 15) is 5.11 Å². The van der Waals surface area contributed by atoms with Gasteiger partial charge < -0.3 is 9.84 Å². The summed E-state index contributed by atoms with van der Waals surface area (Å²) in [6.07, 6.45) is -0.164. The van der Waals surface area contributed by atoms with Crippen molar-refractivity contribution in [3.05, 3.63) is 28.0 Å². The van der Waals surface area contributed by atoms with E-state index in [1.54, 1.807) is 6.07 Å². The van der Waals surface area contributed by atoms with Crippen LogP contribution in [0, 0.1) is 0 Å². The summed E-state index contributed by atoms with van der Waals surface area (Å²) < 4.78 is 5.78. The largest absolute Gasteiger partial charge is 0.394 e. The number of morpholine rings is 1. The van der Waals surface area contributed by atoms with Gasteiger partial charge in [-0.1, -0.05) is 29.3 Å². The molecule has 1 aromatic heterocycles. The quantitative estimate of drug-likeness (QED) is 0.871. The second-order valence-corrected chi connectivity index (χ2v) is 6.18. The van der Waals surface area contributed by atoms with Gasteiger partial charge in [0.2, 0.25) is 0 Å². The molecule has 0 saturated carbocycles. The molecule has 0 aromatic carbocycles. The smallest absolute Gasteiger partial charge is 0.135 e. The highest BCUT2D eigenvalue weighted by molar-refractivity contribution is 6.32. The lowest BCUT2D eigenvalue weighted by atomic mass is 10.0. The Bertz CT molecular complexity index is 454. The molecular formula is C13H18Cl2N2O2. The van der Waals surface area contributed by atoms with Crippen molar-refractivity contribution < 1.29 is 9.84 Å². The molecule has 1 fully saturated rings. The molecule has 1 N–H and O–H groups in total. The zero-order valence-corrected chi connectivity index (χ0v) is 12.6. The van der Waals surface area contributed by atoms with Crippen LogP contribution in [0.5, 0.6) is 0 Å². The monoisotopic (exact) mass is 304 g/mol. The summed E-state index contributed by atoms with van der Waals surface area (Å²) in [5.41, 5.74) is 0.651. The molecule has 2 heterocycles. The third kappa shape index (κ3) is 4.04. The van der Waals surface area contributed by atoms with Gasteiger partial charge in [0, 0.05) is 25.2 Å². The van der Waals surface area contributed by atoms with Crippen molar-refractivity contribution in [1.82, 2.24) is 9.88 Å². The topological polar surface area (TPSA) is 45.6 Å². The summed E-state index contributed by atoms with van der Waals surface area (Å²) in [5.74, 6) is 0. The van der Waals surface area contributed by atoms with Crippen LogP contribution in [0.2, 0.25) is 10.3 Å². The standard InChI is InChI=1S/C13H18Cl2N2O2/c1-13(2)8-17(6-10(7-18)19-13)5-9-3-4-11(14)16-12(9)15/h3-4,10,18H,5-8H2,1-2H3. The first-order valence-corrected chi connectivity index (χ1v) is 6.97. The van der Waals surface area contributed by atoms with E-state index in [2.05, 4.69) is 9.88 Å². The van der Waals surface area contributed by atoms with Crippen molar-refractivity contribution in [3.63, 3.8) is 0 Å². The number of ether oxygens (including phenoxy) is 1. The average molecular weight is 305 g/mol. The van der Waals surface area contributed by atoms with E-state index in [1.807, 2.05) is 19.9 Å². The molecule has 6 heteroatoms. The van der Waals surface area contributed by atoms with Crippen LogP contribution in [0.4, 0.5) is 0 Å². The number of aromatic nitrogens is 1. The van der Waals surface area contributed by atoms with Gasteiger partial charge >= 0.3 is 0 Å². The second kappa shape index (κ2) is 5.94. The van der Waals surface area contributed by atoms with Crippen LogP contribution in [0.25, 0.3) is 0 Å². The van der Waals surface area contributed by atoms with Crippen molar-refractivity contribution in [3.8, 4) is 0 Å². The number of aliphatic hydroxyl groups excluding tert-OH is 1. The zero-order valence-electron chi connectivity index (χ0n) is 11.1. The third-order valence-electron chi connectivity index (χ3n) is 3.04. The lowest BCUT2D eigenvalue weighted by molar-refractivity contribution is -0.150. The average Bonchev–Trinajstić information content (AvgIpc) is 2.31. The van der Waals surface area contributed by atoms with Gasteiger partial charge in [0.15, 0.2) is 0 Å². The number of pyridine rings is 1. The molecular weight excluding hydrogens is 287 g/mol. The zero-order chi connectivity index (χ0) is 14.0. The minimum Gasteiger partial charge on any atom is -0.394 e. The van der Waals surface area contributed by atoms with Crippen molar-refractivity contribution >= 4 is 23.2 Å². The van der Waals surface area contributed by atoms with Crippen LogP contribution in [0.1, 0.15) is 19.4 Å². The number of aliphatic hydroxyl groups is 1. The van der Waals surface area contributed by atoms with Gasteiger partial charge in [-0.25, -0.2) is 4.98 Å². The van der Waals surface area contributed by atoms with Gasteiger partial charge in [0.05, 0.1) is 18.3 Å². The highest BCUT2D eigenvalue weighted by Gasteiger charge is 2.33. The second-order valence-electron chi connectivity index (χ2n) is 5.44. The fourth-order valence-corrected chi connectivity index (χ4v) is 2.84. The van der Waals surface area contributed by atoms with Gasteiger partial charge in [-0.15, -0.1) is 0 Å². The Morgan fingerprint density at radius 2 is 2.21 bits per heavy atom. The molecule has 0 amide bonds. The summed E-state index contributed by atoms with van der Waals surface area (Å²) in [4.78, 5) is 6.25. The van der Waals surface area contributed by atoms with Crippen LogP contribution in [-0.4, -0.2) is 46.4 Å². The SMILES string of the molecule is CC1(C)CN(Cc2ccc(Cl)nc2Cl)CC(CO)O1. The number of rotatable bonds is 3. The van der Waals surface area contributed by atoms with Crippen molar-refractivity contribution in [2.24, 2.45) is 0 Å². The predicted molar refractivity (Wildman–Crippen MR) is 75.6 cm³/mol. The number of nitrogens with zero attached hydrogens (tertiary/aromatic N) is 2. The Morgan fingerprint density at radius 3 is 2.84 bits per heavy atom. The van der Waals surface area contributed by atoms with E-state index in [4.69, 9.17) is 27.9 Å². The summed E-state index contributed by atoms with van der Waals surface area (Å²) in [6.45, 7) is 6.19. The van der Waals surface area contributed by atoms with Gasteiger partial charge in [-0.2, -0.15) is 0 Å². The summed E-state index contributed by atoms with van der Waals surface area (Å²) in [7, 11) is 0. The van der Waals surface area contributed by atoms with Crippen LogP contribution >= 0.6 is 23.2 Å². The molecule has 1 unspecified atom stereocenters. The van der Waals surface area contributed by atoms with Crippen molar-refractivity contribution in [2.45, 2.75) is 32.1 Å². The first kappa shape index (κ1) is 15.0. The highest BCUT2D eigenvalue weighted by atomic mass is 35.5. The van der Waals surface area contributed by atoms with E-state index in [0.29, 0.717) is 23.4 Å². The van der Waals surface area contributed by atoms with E-state index >= 15 is 0 Å². The lowest BCUT2D eigenvalue weighted by Gasteiger charge is -2.42. The highest BCUT2D eigenvalue weighted by Crippen LogP contribution is 2.24. The molecule has 0 bridgehead atoms. The molecule has 0 spiro atoms.